The van der Waals surface area contributed by atoms with Crippen molar-refractivity contribution < 1.29 is 9.90 Å². The van der Waals surface area contributed by atoms with Gasteiger partial charge in [0.2, 0.25) is 0 Å². The van der Waals surface area contributed by atoms with Gasteiger partial charge >= 0.3 is 5.97 Å². The molecule has 2 aromatic heterocycles. The molecule has 0 bridgehead atoms. The summed E-state index contributed by atoms with van der Waals surface area (Å²) in [5.74, 6) is -0.936. The predicted molar refractivity (Wildman–Crippen MR) is 70.9 cm³/mol. The predicted octanol–water partition coefficient (Wildman–Crippen LogP) is 2.33. The van der Waals surface area contributed by atoms with Crippen LogP contribution >= 0.6 is 0 Å². The maximum Gasteiger partial charge on any atom is 0.352 e. The van der Waals surface area contributed by atoms with Gasteiger partial charge in [-0.05, 0) is 24.3 Å². The molecule has 19 heavy (non-hydrogen) atoms. The molecule has 0 saturated heterocycles. The van der Waals surface area contributed by atoms with E-state index < -0.39 is 5.97 Å². The summed E-state index contributed by atoms with van der Waals surface area (Å²) in [4.78, 5) is 19.5. The highest BCUT2D eigenvalue weighted by Crippen LogP contribution is 2.24. The van der Waals surface area contributed by atoms with E-state index in [4.69, 9.17) is 5.11 Å². The van der Waals surface area contributed by atoms with Crippen molar-refractivity contribution in [3.05, 3.63) is 48.4 Å². The number of aromatic nitrogens is 3. The Morgan fingerprint density at radius 2 is 1.84 bits per heavy atom. The van der Waals surface area contributed by atoms with Crippen LogP contribution in [-0.2, 0) is 7.05 Å². The lowest BCUT2D eigenvalue weighted by molar-refractivity contribution is 0.0687. The molecule has 5 nitrogen and oxygen atoms in total. The van der Waals surface area contributed by atoms with Gasteiger partial charge < -0.3 is 9.67 Å². The standard InChI is InChI=1S/C14H11N3O2/c1-17-12(4-5-13(17)14(18)19)9-2-3-10-11(8-9)16-7-6-15-10/h2-8H,1H3,(H,18,19). The van der Waals surface area contributed by atoms with Gasteiger partial charge in [-0.1, -0.05) is 6.07 Å². The first kappa shape index (κ1) is 11.4. The third-order valence-corrected chi connectivity index (χ3v) is 3.11. The van der Waals surface area contributed by atoms with E-state index in [1.165, 1.54) is 0 Å². The van der Waals surface area contributed by atoms with Crippen molar-refractivity contribution in [1.29, 1.82) is 0 Å². The van der Waals surface area contributed by atoms with E-state index in [0.29, 0.717) is 0 Å². The summed E-state index contributed by atoms with van der Waals surface area (Å²) in [5.41, 5.74) is 3.62. The zero-order chi connectivity index (χ0) is 13.4. The van der Waals surface area contributed by atoms with Crippen molar-refractivity contribution >= 4 is 17.0 Å². The third kappa shape index (κ3) is 1.85. The summed E-state index contributed by atoms with van der Waals surface area (Å²) >= 11 is 0. The molecule has 0 atom stereocenters. The van der Waals surface area contributed by atoms with E-state index in [0.717, 1.165) is 22.3 Å². The summed E-state index contributed by atoms with van der Waals surface area (Å²) in [6, 6.07) is 9.09. The second kappa shape index (κ2) is 4.20. The molecule has 0 spiro atoms. The molecule has 1 aromatic carbocycles. The highest BCUT2D eigenvalue weighted by atomic mass is 16.4. The zero-order valence-corrected chi connectivity index (χ0v) is 10.2. The number of fused-ring (bicyclic) bond motifs is 1. The Hall–Kier alpha value is -2.69. The Bertz CT molecular complexity index is 777. The molecule has 3 aromatic rings. The van der Waals surface area contributed by atoms with Gasteiger partial charge in [0.15, 0.2) is 0 Å². The van der Waals surface area contributed by atoms with Gasteiger partial charge in [0.25, 0.3) is 0 Å². The van der Waals surface area contributed by atoms with E-state index in [-0.39, 0.29) is 5.69 Å². The zero-order valence-electron chi connectivity index (χ0n) is 10.2. The highest BCUT2D eigenvalue weighted by Gasteiger charge is 2.12. The van der Waals surface area contributed by atoms with E-state index in [9.17, 15) is 4.79 Å². The molecule has 0 aliphatic rings. The molecule has 2 heterocycles. The van der Waals surface area contributed by atoms with Gasteiger partial charge in [-0.3, -0.25) is 9.97 Å². The van der Waals surface area contributed by atoms with Gasteiger partial charge in [-0.2, -0.15) is 0 Å². The summed E-state index contributed by atoms with van der Waals surface area (Å²) in [5, 5.41) is 9.05. The Labute approximate surface area is 109 Å². The number of hydrogen-bond acceptors (Lipinski definition) is 3. The molecule has 0 fully saturated rings. The molecule has 5 heteroatoms. The molecular formula is C14H11N3O2. The van der Waals surface area contributed by atoms with Crippen LogP contribution in [0.3, 0.4) is 0 Å². The van der Waals surface area contributed by atoms with Crippen LogP contribution in [0.1, 0.15) is 10.5 Å². The monoisotopic (exact) mass is 253 g/mol. The van der Waals surface area contributed by atoms with E-state index in [1.807, 2.05) is 18.2 Å². The number of carboxylic acids is 1. The molecule has 94 valence electrons. The average molecular weight is 253 g/mol. The molecule has 0 unspecified atom stereocenters. The minimum atomic E-state index is -0.936. The first-order valence-electron chi connectivity index (χ1n) is 5.77. The van der Waals surface area contributed by atoms with Crippen molar-refractivity contribution in [2.75, 3.05) is 0 Å². The Balaban J connectivity index is 2.16. The second-order valence-corrected chi connectivity index (χ2v) is 4.23. The number of nitrogens with zero attached hydrogens (tertiary/aromatic N) is 3. The van der Waals surface area contributed by atoms with Crippen LogP contribution in [0.2, 0.25) is 0 Å². The van der Waals surface area contributed by atoms with Crippen LogP contribution < -0.4 is 0 Å². The topological polar surface area (TPSA) is 68.0 Å². The highest BCUT2D eigenvalue weighted by molar-refractivity contribution is 5.88. The van der Waals surface area contributed by atoms with Crippen molar-refractivity contribution in [3.8, 4) is 11.3 Å². The first-order chi connectivity index (χ1) is 9.16. The van der Waals surface area contributed by atoms with Gasteiger partial charge in [0.1, 0.15) is 5.69 Å². The van der Waals surface area contributed by atoms with Crippen molar-refractivity contribution in [1.82, 2.24) is 14.5 Å². The molecule has 0 saturated carbocycles. The van der Waals surface area contributed by atoms with E-state index >= 15 is 0 Å². The molecule has 0 amide bonds. The van der Waals surface area contributed by atoms with Crippen LogP contribution in [0.25, 0.3) is 22.3 Å². The van der Waals surface area contributed by atoms with Gasteiger partial charge in [-0.15, -0.1) is 0 Å². The van der Waals surface area contributed by atoms with E-state index in [1.54, 1.807) is 36.1 Å². The number of rotatable bonds is 2. The molecule has 1 N–H and O–H groups in total. The number of carboxylic acid groups (broad SMARTS) is 1. The number of aromatic carboxylic acids is 1. The minimum absolute atomic E-state index is 0.259. The largest absolute Gasteiger partial charge is 0.477 e. The lowest BCUT2D eigenvalue weighted by Crippen LogP contribution is -2.05. The molecule has 0 aliphatic heterocycles. The molecule has 0 aliphatic carbocycles. The normalized spacial score (nSPS) is 10.8. The molecular weight excluding hydrogens is 242 g/mol. The van der Waals surface area contributed by atoms with Crippen LogP contribution in [-0.4, -0.2) is 25.6 Å². The minimum Gasteiger partial charge on any atom is -0.477 e. The summed E-state index contributed by atoms with van der Waals surface area (Å²) in [6.45, 7) is 0. The van der Waals surface area contributed by atoms with Crippen LogP contribution in [0.4, 0.5) is 0 Å². The van der Waals surface area contributed by atoms with E-state index in [2.05, 4.69) is 9.97 Å². The van der Waals surface area contributed by atoms with Gasteiger partial charge in [0, 0.05) is 30.7 Å². The Kier molecular flexibility index (Phi) is 2.52. The SMILES string of the molecule is Cn1c(C(=O)O)ccc1-c1ccc2nccnc2c1. The van der Waals surface area contributed by atoms with Crippen molar-refractivity contribution in [2.24, 2.45) is 7.05 Å². The summed E-state index contributed by atoms with van der Waals surface area (Å²) < 4.78 is 1.65. The van der Waals surface area contributed by atoms with Crippen LogP contribution in [0.5, 0.6) is 0 Å². The smallest absolute Gasteiger partial charge is 0.352 e. The lowest BCUT2D eigenvalue weighted by atomic mass is 10.1. The fourth-order valence-corrected chi connectivity index (χ4v) is 2.14. The maximum atomic E-state index is 11.0. The van der Waals surface area contributed by atoms with Crippen LogP contribution in [0, 0.1) is 0 Å². The maximum absolute atomic E-state index is 11.0. The number of hydrogen-bond donors (Lipinski definition) is 1. The second-order valence-electron chi connectivity index (χ2n) is 4.23. The Morgan fingerprint density at radius 3 is 2.53 bits per heavy atom. The summed E-state index contributed by atoms with van der Waals surface area (Å²) in [6.07, 6.45) is 3.28. The average Bonchev–Trinajstić information content (AvgIpc) is 2.80. The number of carbonyl (C=O) groups is 1. The van der Waals surface area contributed by atoms with Crippen molar-refractivity contribution in [3.63, 3.8) is 0 Å². The van der Waals surface area contributed by atoms with Gasteiger partial charge in [0.05, 0.1) is 11.0 Å². The first-order valence-corrected chi connectivity index (χ1v) is 5.77. The molecule has 0 radical (unpaired) electrons. The summed E-state index contributed by atoms with van der Waals surface area (Å²) in [7, 11) is 1.74. The quantitative estimate of drug-likeness (QED) is 0.761. The molecule has 3 rings (SSSR count). The Morgan fingerprint density at radius 1 is 1.11 bits per heavy atom. The fourth-order valence-electron chi connectivity index (χ4n) is 2.14. The lowest BCUT2D eigenvalue weighted by Gasteiger charge is -2.06. The van der Waals surface area contributed by atoms with Crippen LogP contribution in [0.15, 0.2) is 42.7 Å². The fraction of sp³-hybridized carbons (Fsp3) is 0.0714. The third-order valence-electron chi connectivity index (χ3n) is 3.11. The number of benzene rings is 1. The van der Waals surface area contributed by atoms with Gasteiger partial charge in [-0.25, -0.2) is 4.79 Å². The van der Waals surface area contributed by atoms with Crippen molar-refractivity contribution in [2.45, 2.75) is 0 Å².